The molecule has 0 radical (unpaired) electrons. The van der Waals surface area contributed by atoms with Gasteiger partial charge >= 0.3 is 5.97 Å². The zero-order valence-electron chi connectivity index (χ0n) is 17.5. The molecule has 31 heavy (non-hydrogen) atoms. The number of amides is 1. The summed E-state index contributed by atoms with van der Waals surface area (Å²) in [6.45, 7) is 8.05. The highest BCUT2D eigenvalue weighted by atomic mass is 32.1. The van der Waals surface area contributed by atoms with Gasteiger partial charge in [-0.25, -0.2) is 19.4 Å². The molecule has 0 atom stereocenters. The first-order chi connectivity index (χ1) is 14.9. The molecule has 0 spiro atoms. The molecule has 0 bridgehead atoms. The van der Waals surface area contributed by atoms with Crippen molar-refractivity contribution in [2.45, 2.75) is 33.7 Å². The van der Waals surface area contributed by atoms with Crippen LogP contribution in [0.5, 0.6) is 0 Å². The zero-order chi connectivity index (χ0) is 22.1. The number of carbonyl (C=O) groups excluding carboxylic acids is 2. The molecule has 4 aromatic rings. The lowest BCUT2D eigenvalue weighted by molar-refractivity contribution is 0.0520. The normalized spacial score (nSPS) is 11.3. The number of fused-ring (bicyclic) bond motifs is 1. The Bertz CT molecular complexity index is 1270. The average Bonchev–Trinajstić information content (AvgIpc) is 3.46. The van der Waals surface area contributed by atoms with E-state index in [1.54, 1.807) is 40.6 Å². The van der Waals surface area contributed by atoms with E-state index in [0.29, 0.717) is 27.4 Å². The van der Waals surface area contributed by atoms with Crippen LogP contribution in [0.2, 0.25) is 0 Å². The molecule has 4 aromatic heterocycles. The van der Waals surface area contributed by atoms with Crippen LogP contribution in [0.3, 0.4) is 0 Å². The minimum Gasteiger partial charge on any atom is -0.461 e. The lowest BCUT2D eigenvalue weighted by Gasteiger charge is -2.09. The summed E-state index contributed by atoms with van der Waals surface area (Å²) in [7, 11) is 0. The summed E-state index contributed by atoms with van der Waals surface area (Å²) < 4.78 is 6.76. The summed E-state index contributed by atoms with van der Waals surface area (Å²) in [5.74, 6) is -0.853. The second kappa shape index (κ2) is 8.56. The van der Waals surface area contributed by atoms with Gasteiger partial charge < -0.3 is 4.74 Å². The zero-order valence-corrected chi connectivity index (χ0v) is 19.1. The van der Waals surface area contributed by atoms with Crippen molar-refractivity contribution in [2.75, 3.05) is 11.9 Å². The number of thiazole rings is 1. The van der Waals surface area contributed by atoms with E-state index in [1.807, 2.05) is 32.9 Å². The predicted molar refractivity (Wildman–Crippen MR) is 122 cm³/mol. The number of nitrogens with one attached hydrogen (secondary N) is 1. The van der Waals surface area contributed by atoms with E-state index in [1.165, 1.54) is 11.3 Å². The van der Waals surface area contributed by atoms with Crippen LogP contribution in [0, 0.1) is 6.92 Å². The van der Waals surface area contributed by atoms with Crippen LogP contribution in [-0.4, -0.2) is 38.2 Å². The lowest BCUT2D eigenvalue weighted by atomic mass is 10.1. The molecule has 4 heterocycles. The highest BCUT2D eigenvalue weighted by molar-refractivity contribution is 7.15. The van der Waals surface area contributed by atoms with Crippen LogP contribution < -0.4 is 5.32 Å². The van der Waals surface area contributed by atoms with Crippen LogP contribution in [-0.2, 0) is 4.74 Å². The molecule has 0 aromatic carbocycles. The van der Waals surface area contributed by atoms with Crippen LogP contribution >= 0.6 is 22.7 Å². The maximum Gasteiger partial charge on any atom is 0.357 e. The molecule has 0 saturated heterocycles. The Morgan fingerprint density at radius 1 is 1.26 bits per heavy atom. The molecular formula is C21H21N5O3S2. The van der Waals surface area contributed by atoms with E-state index in [-0.39, 0.29) is 24.2 Å². The molecule has 1 N–H and O–H groups in total. The number of nitrogens with zero attached hydrogens (tertiary/aromatic N) is 4. The quantitative estimate of drug-likeness (QED) is 0.414. The standard InChI is InChI=1S/C21H21N5O3S2/c1-5-29-20(28)16-10-30-21(24-16)25-19(27)13-8-15(17-7-6-12(4)31-17)23-18-14(13)9-22-26(18)11(2)3/h6-11H,5H2,1-4H3,(H,24,25,27). The van der Waals surface area contributed by atoms with Crippen molar-refractivity contribution in [3.05, 3.63) is 45.9 Å². The molecule has 0 fully saturated rings. The second-order valence-electron chi connectivity index (χ2n) is 7.10. The number of carbonyl (C=O) groups is 2. The predicted octanol–water partition coefficient (Wildman–Crippen LogP) is 4.93. The van der Waals surface area contributed by atoms with Crippen molar-refractivity contribution in [3.8, 4) is 10.6 Å². The first-order valence-corrected chi connectivity index (χ1v) is 11.5. The largest absolute Gasteiger partial charge is 0.461 e. The fourth-order valence-corrected chi connectivity index (χ4v) is 4.58. The van der Waals surface area contributed by atoms with Gasteiger partial charge in [0.05, 0.1) is 34.3 Å². The number of hydrogen-bond donors (Lipinski definition) is 1. The number of rotatable bonds is 6. The Labute approximate surface area is 186 Å². The number of thiophene rings is 1. The van der Waals surface area contributed by atoms with E-state index in [9.17, 15) is 9.59 Å². The monoisotopic (exact) mass is 455 g/mol. The molecule has 0 aliphatic carbocycles. The van der Waals surface area contributed by atoms with Crippen molar-refractivity contribution < 1.29 is 14.3 Å². The van der Waals surface area contributed by atoms with E-state index in [2.05, 4.69) is 15.4 Å². The third-order valence-corrected chi connectivity index (χ3v) is 6.28. The van der Waals surface area contributed by atoms with E-state index in [4.69, 9.17) is 9.72 Å². The number of hydrogen-bond acceptors (Lipinski definition) is 8. The van der Waals surface area contributed by atoms with Crippen molar-refractivity contribution in [2.24, 2.45) is 0 Å². The third-order valence-electron chi connectivity index (χ3n) is 4.50. The number of esters is 1. The summed E-state index contributed by atoms with van der Waals surface area (Å²) in [4.78, 5) is 36.1. The van der Waals surface area contributed by atoms with Gasteiger partial charge in [-0.2, -0.15) is 5.10 Å². The number of aromatic nitrogens is 4. The van der Waals surface area contributed by atoms with Crippen LogP contribution in [0.4, 0.5) is 5.13 Å². The molecule has 0 unspecified atom stereocenters. The Morgan fingerprint density at radius 2 is 2.06 bits per heavy atom. The summed E-state index contributed by atoms with van der Waals surface area (Å²) in [6, 6.07) is 5.89. The van der Waals surface area contributed by atoms with Gasteiger partial charge in [-0.1, -0.05) is 0 Å². The summed E-state index contributed by atoms with van der Waals surface area (Å²) >= 11 is 2.78. The summed E-state index contributed by atoms with van der Waals surface area (Å²) in [5, 5.41) is 9.77. The maximum absolute atomic E-state index is 13.2. The van der Waals surface area contributed by atoms with Gasteiger partial charge in [0, 0.05) is 16.3 Å². The van der Waals surface area contributed by atoms with Gasteiger partial charge in [0.25, 0.3) is 5.91 Å². The van der Waals surface area contributed by atoms with Crippen molar-refractivity contribution in [3.63, 3.8) is 0 Å². The molecule has 160 valence electrons. The second-order valence-corrected chi connectivity index (χ2v) is 9.24. The van der Waals surface area contributed by atoms with Crippen molar-refractivity contribution in [1.82, 2.24) is 19.7 Å². The molecule has 10 heteroatoms. The van der Waals surface area contributed by atoms with Gasteiger partial charge in [0.15, 0.2) is 16.5 Å². The highest BCUT2D eigenvalue weighted by Gasteiger charge is 2.20. The number of pyridine rings is 1. The number of ether oxygens (including phenoxy) is 1. The smallest absolute Gasteiger partial charge is 0.357 e. The Kier molecular flexibility index (Phi) is 5.84. The molecule has 8 nitrogen and oxygen atoms in total. The minimum atomic E-state index is -0.515. The molecule has 0 saturated carbocycles. The first kappa shape index (κ1) is 21.1. The van der Waals surface area contributed by atoms with Gasteiger partial charge in [-0.3, -0.25) is 10.1 Å². The minimum absolute atomic E-state index is 0.0901. The van der Waals surface area contributed by atoms with Crippen LogP contribution in [0.1, 0.15) is 52.5 Å². The first-order valence-electron chi connectivity index (χ1n) is 9.76. The van der Waals surface area contributed by atoms with Crippen molar-refractivity contribution >= 4 is 50.7 Å². The topological polar surface area (TPSA) is 99.0 Å². The summed E-state index contributed by atoms with van der Waals surface area (Å²) in [6.07, 6.45) is 1.66. The third kappa shape index (κ3) is 4.21. The van der Waals surface area contributed by atoms with Gasteiger partial charge in [0.1, 0.15) is 0 Å². The van der Waals surface area contributed by atoms with Crippen LogP contribution in [0.25, 0.3) is 21.6 Å². The van der Waals surface area contributed by atoms with E-state index >= 15 is 0 Å². The molecular weight excluding hydrogens is 434 g/mol. The van der Waals surface area contributed by atoms with Crippen molar-refractivity contribution in [1.29, 1.82) is 0 Å². The van der Waals surface area contributed by atoms with E-state index in [0.717, 1.165) is 9.75 Å². The number of aryl methyl sites for hydroxylation is 1. The van der Waals surface area contributed by atoms with Crippen LogP contribution in [0.15, 0.2) is 29.8 Å². The molecule has 0 aliphatic heterocycles. The average molecular weight is 456 g/mol. The lowest BCUT2D eigenvalue weighted by Crippen LogP contribution is -2.14. The fourth-order valence-electron chi connectivity index (χ4n) is 3.08. The number of anilines is 1. The van der Waals surface area contributed by atoms with Gasteiger partial charge in [-0.15, -0.1) is 22.7 Å². The maximum atomic E-state index is 13.2. The fraction of sp³-hybridized carbons (Fsp3) is 0.286. The molecule has 0 aliphatic rings. The molecule has 1 amide bonds. The molecule has 4 rings (SSSR count). The summed E-state index contributed by atoms with van der Waals surface area (Å²) in [5.41, 5.74) is 1.98. The van der Waals surface area contributed by atoms with Gasteiger partial charge in [0.2, 0.25) is 0 Å². The van der Waals surface area contributed by atoms with E-state index < -0.39 is 5.97 Å². The highest BCUT2D eigenvalue weighted by Crippen LogP contribution is 2.31. The Hall–Kier alpha value is -3.11. The van der Waals surface area contributed by atoms with Gasteiger partial charge in [-0.05, 0) is 45.9 Å². The Balaban J connectivity index is 1.73. The SMILES string of the molecule is CCOC(=O)c1csc(NC(=O)c2cc(-c3ccc(C)s3)nc3c2cnn3C(C)C)n1. The Morgan fingerprint density at radius 3 is 2.74 bits per heavy atom.